The number of benzene rings is 2. The fourth-order valence-corrected chi connectivity index (χ4v) is 9.17. The molecule has 3 rings (SSSR count). The molecule has 1 aliphatic rings. The highest BCUT2D eigenvalue weighted by atomic mass is 28.4. The molecule has 1 fully saturated rings. The van der Waals surface area contributed by atoms with E-state index in [1.165, 1.54) is 10.4 Å². The van der Waals surface area contributed by atoms with Crippen molar-refractivity contribution in [1.82, 2.24) is 0 Å². The third-order valence-corrected chi connectivity index (χ3v) is 11.2. The zero-order chi connectivity index (χ0) is 20.4. The molecular formula is C24H32F2OSi. The second-order valence-corrected chi connectivity index (χ2v) is 13.6. The minimum absolute atomic E-state index is 0.0631. The Kier molecular flexibility index (Phi) is 6.11. The Balaban J connectivity index is 1.97. The Morgan fingerprint density at radius 1 is 0.929 bits per heavy atom. The molecule has 0 spiro atoms. The number of hydrogen-bond donors (Lipinski definition) is 0. The molecule has 0 heterocycles. The molecule has 0 amide bonds. The van der Waals surface area contributed by atoms with Crippen LogP contribution in [-0.2, 0) is 4.43 Å². The molecule has 0 aliphatic heterocycles. The molecule has 1 aliphatic carbocycles. The van der Waals surface area contributed by atoms with E-state index in [0.29, 0.717) is 13.0 Å². The molecular weight excluding hydrogens is 370 g/mol. The summed E-state index contributed by atoms with van der Waals surface area (Å²) in [7, 11) is -2.64. The third-order valence-electron chi connectivity index (χ3n) is 6.24. The molecule has 0 aromatic heterocycles. The van der Waals surface area contributed by atoms with Gasteiger partial charge in [-0.25, -0.2) is 8.78 Å². The van der Waals surface area contributed by atoms with Gasteiger partial charge in [0.15, 0.2) is 0 Å². The first-order valence-corrected chi connectivity index (χ1v) is 12.2. The van der Waals surface area contributed by atoms with Crippen molar-refractivity contribution in [3.8, 4) is 0 Å². The van der Waals surface area contributed by atoms with Gasteiger partial charge in [-0.05, 0) is 34.2 Å². The van der Waals surface area contributed by atoms with Gasteiger partial charge in [0.1, 0.15) is 0 Å². The quantitative estimate of drug-likeness (QED) is 0.589. The fraction of sp³-hybridized carbons (Fsp3) is 0.500. The molecule has 0 bridgehead atoms. The molecule has 2 aromatic carbocycles. The zero-order valence-corrected chi connectivity index (χ0v) is 18.4. The second-order valence-electron chi connectivity index (χ2n) is 9.28. The summed E-state index contributed by atoms with van der Waals surface area (Å²) in [4.78, 5) is 0. The van der Waals surface area contributed by atoms with E-state index >= 15 is 0 Å². The summed E-state index contributed by atoms with van der Waals surface area (Å²) in [6.45, 7) is 8.72. The first-order chi connectivity index (χ1) is 13.2. The molecule has 1 nitrogen and oxygen atoms in total. The van der Waals surface area contributed by atoms with Crippen LogP contribution in [0.2, 0.25) is 5.04 Å². The lowest BCUT2D eigenvalue weighted by molar-refractivity contribution is -0.100. The fourth-order valence-electron chi connectivity index (χ4n) is 4.53. The predicted octanol–water partition coefficient (Wildman–Crippen LogP) is 5.63. The summed E-state index contributed by atoms with van der Waals surface area (Å²) in [6.07, 6.45) is 1.32. The van der Waals surface area contributed by atoms with Crippen LogP contribution in [0.15, 0.2) is 60.7 Å². The van der Waals surface area contributed by atoms with Crippen molar-refractivity contribution in [1.29, 1.82) is 0 Å². The maximum atomic E-state index is 14.3. The van der Waals surface area contributed by atoms with E-state index in [0.717, 1.165) is 6.42 Å². The van der Waals surface area contributed by atoms with E-state index in [1.54, 1.807) is 6.92 Å². The van der Waals surface area contributed by atoms with Gasteiger partial charge >= 0.3 is 0 Å². The van der Waals surface area contributed by atoms with Crippen molar-refractivity contribution in [2.24, 2.45) is 11.8 Å². The molecule has 0 radical (unpaired) electrons. The van der Waals surface area contributed by atoms with Crippen LogP contribution in [0.3, 0.4) is 0 Å². The highest BCUT2D eigenvalue weighted by Crippen LogP contribution is 2.42. The first-order valence-electron chi connectivity index (χ1n) is 10.3. The Hall–Kier alpha value is -1.52. The zero-order valence-electron chi connectivity index (χ0n) is 17.4. The van der Waals surface area contributed by atoms with E-state index in [1.807, 2.05) is 36.4 Å². The number of alkyl halides is 2. The highest BCUT2D eigenvalue weighted by molar-refractivity contribution is 6.99. The van der Waals surface area contributed by atoms with Gasteiger partial charge in [0, 0.05) is 18.9 Å². The van der Waals surface area contributed by atoms with E-state index in [-0.39, 0.29) is 17.4 Å². The van der Waals surface area contributed by atoms with E-state index in [2.05, 4.69) is 45.0 Å². The van der Waals surface area contributed by atoms with Crippen LogP contribution in [0.5, 0.6) is 0 Å². The van der Waals surface area contributed by atoms with Crippen LogP contribution >= 0.6 is 0 Å². The molecule has 0 N–H and O–H groups in total. The van der Waals surface area contributed by atoms with Crippen LogP contribution in [0.1, 0.15) is 47.0 Å². The Labute approximate surface area is 169 Å². The van der Waals surface area contributed by atoms with E-state index in [4.69, 9.17) is 4.43 Å². The van der Waals surface area contributed by atoms with Crippen LogP contribution < -0.4 is 10.4 Å². The normalized spacial score (nSPS) is 22.8. The van der Waals surface area contributed by atoms with Gasteiger partial charge in [-0.1, -0.05) is 88.4 Å². The van der Waals surface area contributed by atoms with Crippen molar-refractivity contribution in [3.63, 3.8) is 0 Å². The lowest BCUT2D eigenvalue weighted by Gasteiger charge is -2.44. The van der Waals surface area contributed by atoms with Crippen molar-refractivity contribution in [3.05, 3.63) is 60.7 Å². The number of rotatable bonds is 5. The number of hydrogen-bond acceptors (Lipinski definition) is 1. The van der Waals surface area contributed by atoms with Crippen molar-refractivity contribution < 1.29 is 13.2 Å². The van der Waals surface area contributed by atoms with Gasteiger partial charge in [0.2, 0.25) is 0 Å². The summed E-state index contributed by atoms with van der Waals surface area (Å²) in [6, 6.07) is 20.8. The molecule has 2 atom stereocenters. The number of halogens is 2. The van der Waals surface area contributed by atoms with Gasteiger partial charge in [-0.3, -0.25) is 0 Å². The third kappa shape index (κ3) is 4.08. The predicted molar refractivity (Wildman–Crippen MR) is 115 cm³/mol. The minimum Gasteiger partial charge on any atom is -0.407 e. The van der Waals surface area contributed by atoms with Crippen molar-refractivity contribution >= 4 is 18.7 Å². The monoisotopic (exact) mass is 402 g/mol. The second kappa shape index (κ2) is 8.07. The van der Waals surface area contributed by atoms with E-state index in [9.17, 15) is 8.78 Å². The van der Waals surface area contributed by atoms with Gasteiger partial charge in [0.05, 0.1) is 0 Å². The Morgan fingerprint density at radius 3 is 1.86 bits per heavy atom. The Morgan fingerprint density at radius 2 is 1.43 bits per heavy atom. The summed E-state index contributed by atoms with van der Waals surface area (Å²) in [5.41, 5.74) is 0. The Bertz CT molecular complexity index is 716. The molecule has 152 valence electrons. The van der Waals surface area contributed by atoms with Gasteiger partial charge in [-0.2, -0.15) is 0 Å². The summed E-state index contributed by atoms with van der Waals surface area (Å²) in [5.74, 6) is -3.21. The van der Waals surface area contributed by atoms with Gasteiger partial charge in [-0.15, -0.1) is 0 Å². The lowest BCUT2D eigenvalue weighted by Crippen LogP contribution is -2.67. The maximum Gasteiger partial charge on any atom is 0.261 e. The van der Waals surface area contributed by atoms with Crippen molar-refractivity contribution in [2.45, 2.75) is 57.9 Å². The smallest absolute Gasteiger partial charge is 0.261 e. The first kappa shape index (κ1) is 21.2. The minimum atomic E-state index is -2.64. The van der Waals surface area contributed by atoms with Crippen molar-refractivity contribution in [2.75, 3.05) is 6.61 Å². The van der Waals surface area contributed by atoms with Crippen LogP contribution in [0, 0.1) is 11.8 Å². The average molecular weight is 403 g/mol. The average Bonchev–Trinajstić information content (AvgIpc) is 2.65. The summed E-state index contributed by atoms with van der Waals surface area (Å²) >= 11 is 0. The molecule has 28 heavy (non-hydrogen) atoms. The standard InChI is InChI=1S/C24H32F2OSi/c1-19-15-16-20(17-24(19,25)26)18-27-28(23(2,3)4,21-11-7-5-8-12-21)22-13-9-6-10-14-22/h5-14,19-20H,15-18H2,1-4H3. The molecule has 4 heteroatoms. The molecule has 2 aromatic rings. The highest BCUT2D eigenvalue weighted by Gasteiger charge is 2.51. The van der Waals surface area contributed by atoms with Crippen LogP contribution in [0.25, 0.3) is 0 Å². The van der Waals surface area contributed by atoms with Gasteiger partial charge < -0.3 is 4.43 Å². The van der Waals surface area contributed by atoms with Gasteiger partial charge in [0.25, 0.3) is 14.2 Å². The van der Waals surface area contributed by atoms with Crippen LogP contribution in [0.4, 0.5) is 8.78 Å². The topological polar surface area (TPSA) is 9.23 Å². The summed E-state index contributed by atoms with van der Waals surface area (Å²) in [5, 5.41) is 2.27. The maximum absolute atomic E-state index is 14.3. The van der Waals surface area contributed by atoms with E-state index < -0.39 is 20.2 Å². The summed E-state index contributed by atoms with van der Waals surface area (Å²) < 4.78 is 35.4. The van der Waals surface area contributed by atoms with Crippen LogP contribution in [-0.4, -0.2) is 20.8 Å². The SMILES string of the molecule is CC1CCC(CO[Si](c2ccccc2)(c2ccccc2)C(C)(C)C)CC1(F)F. The molecule has 2 unspecified atom stereocenters. The molecule has 1 saturated carbocycles. The molecule has 0 saturated heterocycles. The lowest BCUT2D eigenvalue weighted by atomic mass is 9.80. The largest absolute Gasteiger partial charge is 0.407 e.